The Morgan fingerprint density at radius 1 is 1.47 bits per heavy atom. The van der Waals surface area contributed by atoms with Crippen LogP contribution in [0.4, 0.5) is 4.79 Å². The summed E-state index contributed by atoms with van der Waals surface area (Å²) in [6.45, 7) is 5.55. The molecule has 5 heteroatoms. The molecule has 0 unspecified atom stereocenters. The number of aromatic nitrogens is 1. The molecule has 2 atom stereocenters. The second kappa shape index (κ2) is 5.17. The number of amides is 1. The van der Waals surface area contributed by atoms with E-state index in [4.69, 9.17) is 4.74 Å². The summed E-state index contributed by atoms with van der Waals surface area (Å²) in [7, 11) is 1.89. The lowest BCUT2D eigenvalue weighted by atomic mass is 10.1. The van der Waals surface area contributed by atoms with Gasteiger partial charge in [0.15, 0.2) is 0 Å². The zero-order chi connectivity index (χ0) is 14.0. The van der Waals surface area contributed by atoms with Gasteiger partial charge in [-0.05, 0) is 45.9 Å². The molecule has 1 amide bonds. The van der Waals surface area contributed by atoms with Crippen LogP contribution in [0.1, 0.15) is 38.1 Å². The van der Waals surface area contributed by atoms with Crippen LogP contribution in [0.15, 0.2) is 18.3 Å². The molecule has 1 aliphatic carbocycles. The van der Waals surface area contributed by atoms with Gasteiger partial charge in [0.2, 0.25) is 0 Å². The Morgan fingerprint density at radius 2 is 2.21 bits per heavy atom. The highest BCUT2D eigenvalue weighted by molar-refractivity contribution is 5.68. The molecule has 1 aromatic heterocycles. The highest BCUT2D eigenvalue weighted by atomic mass is 16.6. The minimum atomic E-state index is -0.495. The smallest absolute Gasteiger partial charge is 0.408 e. The fourth-order valence-electron chi connectivity index (χ4n) is 2.32. The van der Waals surface area contributed by atoms with E-state index in [1.54, 1.807) is 6.20 Å². The van der Waals surface area contributed by atoms with Crippen molar-refractivity contribution in [2.75, 3.05) is 7.05 Å². The molecule has 2 N–H and O–H groups in total. The van der Waals surface area contributed by atoms with Gasteiger partial charge >= 0.3 is 6.09 Å². The van der Waals surface area contributed by atoms with Crippen LogP contribution < -0.4 is 10.6 Å². The van der Waals surface area contributed by atoms with E-state index < -0.39 is 11.7 Å². The highest BCUT2D eigenvalue weighted by Gasteiger charge is 2.34. The Bertz CT molecular complexity index is 468. The third kappa shape index (κ3) is 3.23. The van der Waals surface area contributed by atoms with Crippen molar-refractivity contribution in [2.24, 2.45) is 0 Å². The van der Waals surface area contributed by atoms with Crippen molar-refractivity contribution in [2.45, 2.75) is 44.9 Å². The molecule has 19 heavy (non-hydrogen) atoms. The molecule has 0 radical (unpaired) electrons. The number of likely N-dealkylation sites (N-methyl/N-ethyl adjacent to an activating group) is 1. The van der Waals surface area contributed by atoms with Gasteiger partial charge in [-0.2, -0.15) is 0 Å². The van der Waals surface area contributed by atoms with Crippen molar-refractivity contribution in [3.63, 3.8) is 0 Å². The van der Waals surface area contributed by atoms with Gasteiger partial charge in [0, 0.05) is 12.2 Å². The summed E-state index contributed by atoms with van der Waals surface area (Å²) >= 11 is 0. The fourth-order valence-corrected chi connectivity index (χ4v) is 2.32. The molecular weight excluding hydrogens is 242 g/mol. The number of fused-ring (bicyclic) bond motifs is 1. The molecule has 0 saturated carbocycles. The van der Waals surface area contributed by atoms with Gasteiger partial charge in [0.1, 0.15) is 5.60 Å². The van der Waals surface area contributed by atoms with E-state index in [0.717, 1.165) is 12.1 Å². The summed E-state index contributed by atoms with van der Waals surface area (Å²) in [5, 5.41) is 6.13. The number of hydrogen-bond donors (Lipinski definition) is 2. The molecule has 1 heterocycles. The molecule has 0 aromatic carbocycles. The standard InChI is InChI=1S/C14H21N3O2/c1-14(2,3)19-13(18)17-12-10(15-4)8-9-6-5-7-16-11(9)12/h5-7,10,12,15H,8H2,1-4H3,(H,17,18)/t10-,12+/m1/s1. The van der Waals surface area contributed by atoms with Crippen LogP contribution in [0.5, 0.6) is 0 Å². The fraction of sp³-hybridized carbons (Fsp3) is 0.571. The number of rotatable bonds is 2. The average molecular weight is 263 g/mol. The molecule has 0 fully saturated rings. The predicted octanol–water partition coefficient (Wildman–Crippen LogP) is 1.79. The first-order valence-electron chi connectivity index (χ1n) is 6.51. The van der Waals surface area contributed by atoms with E-state index in [9.17, 15) is 4.79 Å². The lowest BCUT2D eigenvalue weighted by Gasteiger charge is -2.24. The van der Waals surface area contributed by atoms with Gasteiger partial charge in [0.05, 0.1) is 11.7 Å². The summed E-state index contributed by atoms with van der Waals surface area (Å²) in [5.74, 6) is 0. The lowest BCUT2D eigenvalue weighted by Crippen LogP contribution is -2.42. The van der Waals surface area contributed by atoms with Gasteiger partial charge < -0.3 is 15.4 Å². The lowest BCUT2D eigenvalue weighted by molar-refractivity contribution is 0.0495. The van der Waals surface area contributed by atoms with E-state index in [-0.39, 0.29) is 12.1 Å². The topological polar surface area (TPSA) is 63.2 Å². The number of carbonyl (C=O) groups excluding carboxylic acids is 1. The van der Waals surface area contributed by atoms with Crippen molar-refractivity contribution in [3.05, 3.63) is 29.6 Å². The van der Waals surface area contributed by atoms with Crippen molar-refractivity contribution < 1.29 is 9.53 Å². The monoisotopic (exact) mass is 263 g/mol. The highest BCUT2D eigenvalue weighted by Crippen LogP contribution is 2.29. The van der Waals surface area contributed by atoms with Gasteiger partial charge in [-0.3, -0.25) is 4.98 Å². The first-order valence-corrected chi connectivity index (χ1v) is 6.51. The third-order valence-electron chi connectivity index (χ3n) is 3.11. The molecule has 1 aliphatic rings. The molecular formula is C14H21N3O2. The molecule has 0 bridgehead atoms. The van der Waals surface area contributed by atoms with Crippen LogP contribution in [0.3, 0.4) is 0 Å². The predicted molar refractivity (Wildman–Crippen MR) is 72.9 cm³/mol. The maximum absolute atomic E-state index is 11.9. The Hall–Kier alpha value is -1.62. The number of carbonyl (C=O) groups is 1. The Morgan fingerprint density at radius 3 is 2.84 bits per heavy atom. The summed E-state index contributed by atoms with van der Waals surface area (Å²) in [4.78, 5) is 16.3. The molecule has 0 aliphatic heterocycles. The molecule has 0 saturated heterocycles. The first kappa shape index (κ1) is 13.8. The van der Waals surface area contributed by atoms with Crippen molar-refractivity contribution >= 4 is 6.09 Å². The SMILES string of the molecule is CN[C@@H]1Cc2cccnc2[C@H]1NC(=O)OC(C)(C)C. The normalized spacial score (nSPS) is 21.9. The van der Waals surface area contributed by atoms with Crippen molar-refractivity contribution in [1.82, 2.24) is 15.6 Å². The van der Waals surface area contributed by atoms with E-state index in [2.05, 4.69) is 15.6 Å². The zero-order valence-corrected chi connectivity index (χ0v) is 11.9. The second-order valence-electron chi connectivity index (χ2n) is 5.77. The number of alkyl carbamates (subject to hydrolysis) is 1. The first-order chi connectivity index (χ1) is 8.90. The van der Waals surface area contributed by atoms with Gasteiger partial charge in [0.25, 0.3) is 0 Å². The van der Waals surface area contributed by atoms with E-state index in [1.165, 1.54) is 5.56 Å². The number of ether oxygens (including phenoxy) is 1. The van der Waals surface area contributed by atoms with Crippen molar-refractivity contribution in [3.8, 4) is 0 Å². The zero-order valence-electron chi connectivity index (χ0n) is 11.9. The minimum absolute atomic E-state index is 0.143. The van der Waals surface area contributed by atoms with E-state index >= 15 is 0 Å². The largest absolute Gasteiger partial charge is 0.444 e. The van der Waals surface area contributed by atoms with E-state index in [0.29, 0.717) is 0 Å². The maximum Gasteiger partial charge on any atom is 0.408 e. The van der Waals surface area contributed by atoms with Crippen LogP contribution in [0.2, 0.25) is 0 Å². The number of hydrogen-bond acceptors (Lipinski definition) is 4. The van der Waals surface area contributed by atoms with Gasteiger partial charge in [-0.1, -0.05) is 6.07 Å². The quantitative estimate of drug-likeness (QED) is 0.854. The third-order valence-corrected chi connectivity index (χ3v) is 3.11. The second-order valence-corrected chi connectivity index (χ2v) is 5.77. The summed E-state index contributed by atoms with van der Waals surface area (Å²) in [5.41, 5.74) is 1.60. The van der Waals surface area contributed by atoms with Crippen LogP contribution in [0, 0.1) is 0 Å². The molecule has 0 spiro atoms. The number of nitrogens with one attached hydrogen (secondary N) is 2. The number of pyridine rings is 1. The molecule has 104 valence electrons. The van der Waals surface area contributed by atoms with Crippen LogP contribution in [0.25, 0.3) is 0 Å². The Balaban J connectivity index is 2.12. The average Bonchev–Trinajstić information content (AvgIpc) is 2.65. The summed E-state index contributed by atoms with van der Waals surface area (Å²) in [6.07, 6.45) is 2.21. The minimum Gasteiger partial charge on any atom is -0.444 e. The van der Waals surface area contributed by atoms with Crippen LogP contribution in [-0.2, 0) is 11.2 Å². The summed E-state index contributed by atoms with van der Waals surface area (Å²) in [6, 6.07) is 3.97. The molecule has 2 rings (SSSR count). The number of nitrogens with zero attached hydrogens (tertiary/aromatic N) is 1. The van der Waals surface area contributed by atoms with E-state index in [1.807, 2.05) is 40.0 Å². The van der Waals surface area contributed by atoms with Gasteiger partial charge in [-0.25, -0.2) is 4.79 Å². The molecule has 1 aromatic rings. The molecule has 5 nitrogen and oxygen atoms in total. The van der Waals surface area contributed by atoms with Crippen LogP contribution >= 0.6 is 0 Å². The maximum atomic E-state index is 11.9. The Kier molecular flexibility index (Phi) is 3.75. The van der Waals surface area contributed by atoms with Gasteiger partial charge in [-0.15, -0.1) is 0 Å². The van der Waals surface area contributed by atoms with Crippen LogP contribution in [-0.4, -0.2) is 29.8 Å². The van der Waals surface area contributed by atoms with Crippen molar-refractivity contribution in [1.29, 1.82) is 0 Å². The summed E-state index contributed by atoms with van der Waals surface area (Å²) < 4.78 is 5.30. The Labute approximate surface area is 113 Å².